The predicted octanol–water partition coefficient (Wildman–Crippen LogP) is 4.25. The molecule has 1 aliphatic rings. The Hall–Kier alpha value is -0.800. The molecule has 1 aromatic rings. The first-order valence-electron chi connectivity index (χ1n) is 8.04. The Morgan fingerprint density at radius 1 is 1.38 bits per heavy atom. The molecule has 0 radical (unpaired) electrons. The lowest BCUT2D eigenvalue weighted by Crippen LogP contribution is -2.35. The van der Waals surface area contributed by atoms with Gasteiger partial charge in [-0.3, -0.25) is 0 Å². The maximum atomic E-state index is 6.29. The topological polar surface area (TPSA) is 28.2 Å². The van der Waals surface area contributed by atoms with Gasteiger partial charge in [0.15, 0.2) is 0 Å². The van der Waals surface area contributed by atoms with Gasteiger partial charge in [-0.1, -0.05) is 24.9 Å². The number of rotatable bonds is 5. The summed E-state index contributed by atoms with van der Waals surface area (Å²) < 4.78 is 0. The molecule has 1 fully saturated rings. The van der Waals surface area contributed by atoms with Gasteiger partial charge in [-0.2, -0.15) is 0 Å². The van der Waals surface area contributed by atoms with Crippen LogP contribution >= 0.6 is 11.6 Å². The minimum Gasteiger partial charge on any atom is -0.356 e. The van der Waals surface area contributed by atoms with Gasteiger partial charge in [0.25, 0.3) is 0 Å². The van der Waals surface area contributed by atoms with Gasteiger partial charge in [-0.05, 0) is 51.7 Å². The summed E-state index contributed by atoms with van der Waals surface area (Å²) in [7, 11) is 0. The zero-order chi connectivity index (χ0) is 15.5. The van der Waals surface area contributed by atoms with Gasteiger partial charge in [0.05, 0.1) is 10.7 Å². The van der Waals surface area contributed by atoms with E-state index in [2.05, 4.69) is 44.0 Å². The van der Waals surface area contributed by atoms with Gasteiger partial charge in [0, 0.05) is 25.2 Å². The van der Waals surface area contributed by atoms with Crippen molar-refractivity contribution in [2.45, 2.75) is 59.0 Å². The lowest BCUT2D eigenvalue weighted by Gasteiger charge is -2.22. The van der Waals surface area contributed by atoms with Crippen LogP contribution in [0.2, 0.25) is 5.02 Å². The van der Waals surface area contributed by atoms with Crippen molar-refractivity contribution in [2.75, 3.05) is 18.0 Å². The van der Waals surface area contributed by atoms with Crippen molar-refractivity contribution in [3.05, 3.63) is 22.8 Å². The Bertz CT molecular complexity index is 468. The van der Waals surface area contributed by atoms with Crippen LogP contribution in [-0.4, -0.2) is 23.6 Å². The summed E-state index contributed by atoms with van der Waals surface area (Å²) >= 11 is 6.29. The molecule has 2 heterocycles. The van der Waals surface area contributed by atoms with Crippen LogP contribution in [-0.2, 0) is 6.54 Å². The van der Waals surface area contributed by atoms with Crippen molar-refractivity contribution < 1.29 is 0 Å². The van der Waals surface area contributed by atoms with E-state index in [1.807, 2.05) is 6.07 Å². The fourth-order valence-electron chi connectivity index (χ4n) is 2.81. The predicted molar refractivity (Wildman–Crippen MR) is 91.1 cm³/mol. The van der Waals surface area contributed by atoms with E-state index in [0.29, 0.717) is 6.54 Å². The molecule has 4 heteroatoms. The summed E-state index contributed by atoms with van der Waals surface area (Å²) in [6.45, 7) is 11.7. The first-order chi connectivity index (χ1) is 9.89. The second-order valence-electron chi connectivity index (χ2n) is 7.09. The molecule has 118 valence electrons. The van der Waals surface area contributed by atoms with Gasteiger partial charge < -0.3 is 10.2 Å². The number of hydrogen-bond acceptors (Lipinski definition) is 3. The van der Waals surface area contributed by atoms with Gasteiger partial charge in [0.1, 0.15) is 5.82 Å². The highest BCUT2D eigenvalue weighted by atomic mass is 35.5. The highest BCUT2D eigenvalue weighted by Crippen LogP contribution is 2.27. The molecule has 0 saturated carbocycles. The minimum atomic E-state index is 0.0703. The molecule has 1 atom stereocenters. The number of pyridine rings is 1. The summed E-state index contributed by atoms with van der Waals surface area (Å²) in [5.41, 5.74) is 1.02. The number of aromatic nitrogens is 1. The number of nitrogens with zero attached hydrogens (tertiary/aromatic N) is 2. The van der Waals surface area contributed by atoms with Crippen molar-refractivity contribution in [1.29, 1.82) is 0 Å². The van der Waals surface area contributed by atoms with Crippen molar-refractivity contribution >= 4 is 17.4 Å². The fraction of sp³-hybridized carbons (Fsp3) is 0.706. The van der Waals surface area contributed by atoms with E-state index in [-0.39, 0.29) is 5.54 Å². The monoisotopic (exact) mass is 309 g/mol. The van der Waals surface area contributed by atoms with Crippen LogP contribution in [0.15, 0.2) is 12.1 Å². The Labute approximate surface area is 134 Å². The van der Waals surface area contributed by atoms with Crippen molar-refractivity contribution in [3.63, 3.8) is 0 Å². The van der Waals surface area contributed by atoms with Crippen molar-refractivity contribution in [2.24, 2.45) is 5.92 Å². The van der Waals surface area contributed by atoms with Crippen LogP contribution in [0.3, 0.4) is 0 Å². The van der Waals surface area contributed by atoms with E-state index >= 15 is 0 Å². The third-order valence-corrected chi connectivity index (χ3v) is 4.34. The summed E-state index contributed by atoms with van der Waals surface area (Å²) in [4.78, 5) is 7.18. The third kappa shape index (κ3) is 4.86. The second kappa shape index (κ2) is 6.97. The largest absolute Gasteiger partial charge is 0.356 e. The molecule has 1 N–H and O–H groups in total. The number of nitrogens with one attached hydrogen (secondary N) is 1. The first kappa shape index (κ1) is 16.6. The van der Waals surface area contributed by atoms with Crippen LogP contribution in [0.5, 0.6) is 0 Å². The molecule has 21 heavy (non-hydrogen) atoms. The van der Waals surface area contributed by atoms with E-state index in [0.717, 1.165) is 35.5 Å². The zero-order valence-corrected chi connectivity index (χ0v) is 14.5. The highest BCUT2D eigenvalue weighted by Gasteiger charge is 2.23. The Kier molecular flexibility index (Phi) is 5.50. The van der Waals surface area contributed by atoms with Crippen molar-refractivity contribution in [1.82, 2.24) is 10.3 Å². The average Bonchev–Trinajstić information content (AvgIpc) is 2.86. The summed E-state index contributed by atoms with van der Waals surface area (Å²) in [5, 5.41) is 4.21. The number of anilines is 1. The summed E-state index contributed by atoms with van der Waals surface area (Å²) in [6.07, 6.45) is 3.88. The molecule has 1 saturated heterocycles. The normalized spacial score (nSPS) is 19.3. The average molecular weight is 310 g/mol. The molecular weight excluding hydrogens is 282 g/mol. The van der Waals surface area contributed by atoms with Crippen LogP contribution in [0, 0.1) is 5.92 Å². The molecule has 0 spiro atoms. The Morgan fingerprint density at radius 3 is 2.81 bits per heavy atom. The van der Waals surface area contributed by atoms with Crippen molar-refractivity contribution in [3.8, 4) is 0 Å². The van der Waals surface area contributed by atoms with Crippen LogP contribution in [0.4, 0.5) is 5.82 Å². The molecule has 0 bridgehead atoms. The number of halogens is 1. The third-order valence-electron chi connectivity index (χ3n) is 4.00. The highest BCUT2D eigenvalue weighted by molar-refractivity contribution is 6.31. The molecule has 0 aromatic carbocycles. The van der Waals surface area contributed by atoms with Gasteiger partial charge in [0.2, 0.25) is 0 Å². The van der Waals surface area contributed by atoms with Gasteiger partial charge >= 0.3 is 0 Å². The fourth-order valence-corrected chi connectivity index (χ4v) is 2.98. The van der Waals surface area contributed by atoms with E-state index in [1.165, 1.54) is 19.3 Å². The van der Waals surface area contributed by atoms with Gasteiger partial charge in [-0.25, -0.2) is 4.98 Å². The molecule has 1 aliphatic heterocycles. The lowest BCUT2D eigenvalue weighted by molar-refractivity contribution is 0.421. The van der Waals surface area contributed by atoms with Crippen LogP contribution in [0.25, 0.3) is 0 Å². The Balaban J connectivity index is 2.05. The Morgan fingerprint density at radius 2 is 2.14 bits per heavy atom. The first-order valence-corrected chi connectivity index (χ1v) is 8.42. The molecule has 2 rings (SSSR count). The molecule has 1 unspecified atom stereocenters. The quantitative estimate of drug-likeness (QED) is 0.881. The molecular formula is C17H28ClN3. The molecule has 1 aromatic heterocycles. The van der Waals surface area contributed by atoms with Crippen LogP contribution < -0.4 is 10.2 Å². The molecule has 0 amide bonds. The standard InChI is InChI=1S/C17H28ClN3/c1-5-6-13-9-10-21(12-13)16-8-7-14(18)15(20-16)11-19-17(2,3)4/h7-8,13,19H,5-6,9-12H2,1-4H3. The second-order valence-corrected chi connectivity index (χ2v) is 7.50. The zero-order valence-electron chi connectivity index (χ0n) is 13.7. The maximum Gasteiger partial charge on any atom is 0.128 e. The van der Waals surface area contributed by atoms with E-state index in [4.69, 9.17) is 16.6 Å². The van der Waals surface area contributed by atoms with Crippen LogP contribution in [0.1, 0.15) is 52.7 Å². The lowest BCUT2D eigenvalue weighted by atomic mass is 10.0. The minimum absolute atomic E-state index is 0.0703. The van der Waals surface area contributed by atoms with E-state index in [9.17, 15) is 0 Å². The smallest absolute Gasteiger partial charge is 0.128 e. The molecule has 0 aliphatic carbocycles. The van der Waals surface area contributed by atoms with E-state index in [1.54, 1.807) is 0 Å². The SMILES string of the molecule is CCCC1CCN(c2ccc(Cl)c(CNC(C)(C)C)n2)C1. The summed E-state index contributed by atoms with van der Waals surface area (Å²) in [5.74, 6) is 1.90. The summed E-state index contributed by atoms with van der Waals surface area (Å²) in [6, 6.07) is 4.04. The van der Waals surface area contributed by atoms with Gasteiger partial charge in [-0.15, -0.1) is 0 Å². The maximum absolute atomic E-state index is 6.29. The van der Waals surface area contributed by atoms with E-state index < -0.39 is 0 Å². The molecule has 3 nitrogen and oxygen atoms in total. The number of hydrogen-bond donors (Lipinski definition) is 1.